The van der Waals surface area contributed by atoms with Crippen LogP contribution < -0.4 is 15.4 Å². The Morgan fingerprint density at radius 3 is 2.64 bits per heavy atom. The minimum Gasteiger partial charge on any atom is -0.497 e. The van der Waals surface area contributed by atoms with Gasteiger partial charge in [0.2, 0.25) is 11.8 Å². The fourth-order valence-corrected chi connectivity index (χ4v) is 2.60. The molecule has 0 radical (unpaired) electrons. The van der Waals surface area contributed by atoms with E-state index >= 15 is 0 Å². The third-order valence-electron chi connectivity index (χ3n) is 4.02. The van der Waals surface area contributed by atoms with Crippen LogP contribution in [0.2, 0.25) is 0 Å². The summed E-state index contributed by atoms with van der Waals surface area (Å²) in [5.74, 6) is -0.203. The highest BCUT2D eigenvalue weighted by molar-refractivity contribution is 5.88. The van der Waals surface area contributed by atoms with Gasteiger partial charge in [-0.1, -0.05) is 12.1 Å². The first-order valence-corrected chi connectivity index (χ1v) is 8.01. The lowest BCUT2D eigenvalue weighted by Crippen LogP contribution is -2.57. The van der Waals surface area contributed by atoms with Gasteiger partial charge in [-0.25, -0.2) is 0 Å². The van der Waals surface area contributed by atoms with E-state index in [-0.39, 0.29) is 24.8 Å². The molecular weight excluding hydrogens is 326 g/mol. The maximum absolute atomic E-state index is 12.2. The number of carbonyl (C=O) groups excluding carboxylic acids is 3. The Morgan fingerprint density at radius 1 is 1.28 bits per heavy atom. The molecule has 1 aromatic rings. The molecule has 25 heavy (non-hydrogen) atoms. The quantitative estimate of drug-likeness (QED) is 0.655. The highest BCUT2D eigenvalue weighted by Gasteiger charge is 2.32. The fourth-order valence-electron chi connectivity index (χ4n) is 2.60. The van der Waals surface area contributed by atoms with Gasteiger partial charge >= 0.3 is 5.97 Å². The van der Waals surface area contributed by atoms with Crippen molar-refractivity contribution in [1.82, 2.24) is 15.5 Å². The first-order chi connectivity index (χ1) is 12.0. The molecule has 136 valence electrons. The van der Waals surface area contributed by atoms with Crippen LogP contribution >= 0.6 is 0 Å². The zero-order chi connectivity index (χ0) is 18.2. The summed E-state index contributed by atoms with van der Waals surface area (Å²) in [6.45, 7) is 1.38. The normalized spacial score (nSPS) is 17.5. The lowest BCUT2D eigenvalue weighted by atomic mass is 10.1. The van der Waals surface area contributed by atoms with E-state index in [1.54, 1.807) is 12.0 Å². The summed E-state index contributed by atoms with van der Waals surface area (Å²) in [5, 5.41) is 5.52. The molecule has 1 heterocycles. The molecule has 0 spiro atoms. The van der Waals surface area contributed by atoms with E-state index < -0.39 is 12.0 Å². The highest BCUT2D eigenvalue weighted by Crippen LogP contribution is 2.12. The SMILES string of the molecule is COC(=O)C[C@@H]1C(=O)NCCN1CC(=O)NCc1ccc(OC)cc1. The molecule has 1 saturated heterocycles. The molecule has 1 fully saturated rings. The van der Waals surface area contributed by atoms with Gasteiger partial charge in [0.1, 0.15) is 11.8 Å². The molecule has 0 bridgehead atoms. The van der Waals surface area contributed by atoms with Crippen LogP contribution in [-0.2, 0) is 25.7 Å². The molecule has 1 aliphatic heterocycles. The maximum Gasteiger partial charge on any atom is 0.307 e. The molecule has 0 unspecified atom stereocenters. The van der Waals surface area contributed by atoms with E-state index in [1.165, 1.54) is 7.11 Å². The van der Waals surface area contributed by atoms with Crippen LogP contribution in [0.25, 0.3) is 0 Å². The van der Waals surface area contributed by atoms with Gasteiger partial charge in [0.05, 0.1) is 27.2 Å². The number of nitrogens with one attached hydrogen (secondary N) is 2. The van der Waals surface area contributed by atoms with Crippen LogP contribution in [0.1, 0.15) is 12.0 Å². The highest BCUT2D eigenvalue weighted by atomic mass is 16.5. The molecule has 0 aliphatic carbocycles. The van der Waals surface area contributed by atoms with Crippen LogP contribution in [0.5, 0.6) is 5.75 Å². The van der Waals surface area contributed by atoms with E-state index in [1.807, 2.05) is 24.3 Å². The number of benzene rings is 1. The van der Waals surface area contributed by atoms with Crippen molar-refractivity contribution in [2.45, 2.75) is 19.0 Å². The van der Waals surface area contributed by atoms with Crippen molar-refractivity contribution in [3.05, 3.63) is 29.8 Å². The second kappa shape index (κ2) is 9.03. The van der Waals surface area contributed by atoms with Gasteiger partial charge < -0.3 is 20.1 Å². The Balaban J connectivity index is 1.88. The Morgan fingerprint density at radius 2 is 2.00 bits per heavy atom. The third kappa shape index (κ3) is 5.46. The largest absolute Gasteiger partial charge is 0.497 e. The predicted molar refractivity (Wildman–Crippen MR) is 89.8 cm³/mol. The van der Waals surface area contributed by atoms with Crippen molar-refractivity contribution in [1.29, 1.82) is 0 Å². The molecular formula is C17H23N3O5. The van der Waals surface area contributed by atoms with Gasteiger partial charge in [-0.3, -0.25) is 19.3 Å². The zero-order valence-electron chi connectivity index (χ0n) is 14.4. The van der Waals surface area contributed by atoms with Crippen LogP contribution in [0.4, 0.5) is 0 Å². The molecule has 1 atom stereocenters. The Labute approximate surface area is 146 Å². The summed E-state index contributed by atoms with van der Waals surface area (Å²) < 4.78 is 9.71. The van der Waals surface area contributed by atoms with Crippen molar-refractivity contribution in [3.8, 4) is 5.75 Å². The minimum atomic E-state index is -0.687. The van der Waals surface area contributed by atoms with Gasteiger partial charge in [0.15, 0.2) is 0 Å². The average Bonchev–Trinajstić information content (AvgIpc) is 2.63. The second-order valence-corrected chi connectivity index (χ2v) is 5.68. The number of methoxy groups -OCH3 is 2. The van der Waals surface area contributed by atoms with Gasteiger partial charge in [0, 0.05) is 19.6 Å². The summed E-state index contributed by atoms with van der Waals surface area (Å²) in [6, 6.07) is 6.69. The number of piperazine rings is 1. The van der Waals surface area contributed by atoms with Gasteiger partial charge in [-0.2, -0.15) is 0 Å². The number of ether oxygens (including phenoxy) is 2. The molecule has 2 amide bonds. The van der Waals surface area contributed by atoms with Crippen LogP contribution in [0.3, 0.4) is 0 Å². The smallest absolute Gasteiger partial charge is 0.307 e. The van der Waals surface area contributed by atoms with Crippen LogP contribution in [0, 0.1) is 0 Å². The molecule has 0 saturated carbocycles. The Hall–Kier alpha value is -2.61. The first kappa shape index (κ1) is 18.7. The van der Waals surface area contributed by atoms with Crippen molar-refractivity contribution in [2.75, 3.05) is 33.9 Å². The lowest BCUT2D eigenvalue weighted by Gasteiger charge is -2.33. The summed E-state index contributed by atoms with van der Waals surface area (Å²) in [5.41, 5.74) is 0.941. The van der Waals surface area contributed by atoms with Crippen LogP contribution in [-0.4, -0.2) is 62.6 Å². The fraction of sp³-hybridized carbons (Fsp3) is 0.471. The standard InChI is InChI=1S/C17H23N3O5/c1-24-13-5-3-12(4-6-13)10-19-15(21)11-20-8-7-18-17(23)14(20)9-16(22)25-2/h3-6,14H,7-11H2,1-2H3,(H,18,23)(H,19,21)/t14-/m1/s1. The van der Waals surface area contributed by atoms with Gasteiger partial charge in [0.25, 0.3) is 0 Å². The van der Waals surface area contributed by atoms with Crippen LogP contribution in [0.15, 0.2) is 24.3 Å². The summed E-state index contributed by atoms with van der Waals surface area (Å²) in [4.78, 5) is 37.3. The molecule has 2 N–H and O–H groups in total. The molecule has 8 heteroatoms. The lowest BCUT2D eigenvalue weighted by molar-refractivity contribution is -0.146. The predicted octanol–water partition coefficient (Wildman–Crippen LogP) is -0.325. The topological polar surface area (TPSA) is 97.0 Å². The maximum atomic E-state index is 12.2. The monoisotopic (exact) mass is 349 g/mol. The number of nitrogens with zero attached hydrogens (tertiary/aromatic N) is 1. The van der Waals surface area contributed by atoms with Gasteiger partial charge in [-0.15, -0.1) is 0 Å². The Bertz CT molecular complexity index is 617. The summed E-state index contributed by atoms with van der Waals surface area (Å²) >= 11 is 0. The molecule has 1 aromatic carbocycles. The van der Waals surface area contributed by atoms with E-state index in [9.17, 15) is 14.4 Å². The van der Waals surface area contributed by atoms with Crippen molar-refractivity contribution >= 4 is 17.8 Å². The number of hydrogen-bond acceptors (Lipinski definition) is 6. The summed E-state index contributed by atoms with van der Waals surface area (Å²) in [7, 11) is 2.87. The number of hydrogen-bond donors (Lipinski definition) is 2. The van der Waals surface area contributed by atoms with Crippen molar-refractivity contribution < 1.29 is 23.9 Å². The van der Waals surface area contributed by atoms with E-state index in [0.717, 1.165) is 11.3 Å². The third-order valence-corrected chi connectivity index (χ3v) is 4.02. The summed E-state index contributed by atoms with van der Waals surface area (Å²) in [6.07, 6.45) is -0.0753. The van der Waals surface area contributed by atoms with Gasteiger partial charge in [-0.05, 0) is 17.7 Å². The number of amides is 2. The molecule has 1 aliphatic rings. The molecule has 0 aromatic heterocycles. The van der Waals surface area contributed by atoms with E-state index in [2.05, 4.69) is 15.4 Å². The first-order valence-electron chi connectivity index (χ1n) is 8.01. The number of carbonyl (C=O) groups is 3. The molecule has 2 rings (SSSR count). The Kier molecular flexibility index (Phi) is 6.76. The second-order valence-electron chi connectivity index (χ2n) is 5.68. The van der Waals surface area contributed by atoms with Crippen molar-refractivity contribution in [3.63, 3.8) is 0 Å². The average molecular weight is 349 g/mol. The zero-order valence-corrected chi connectivity index (χ0v) is 14.4. The van der Waals surface area contributed by atoms with E-state index in [0.29, 0.717) is 19.6 Å². The number of rotatable bonds is 7. The number of esters is 1. The minimum absolute atomic E-state index is 0.0469. The van der Waals surface area contributed by atoms with Crippen molar-refractivity contribution in [2.24, 2.45) is 0 Å². The van der Waals surface area contributed by atoms with E-state index in [4.69, 9.17) is 4.74 Å². The molecule has 8 nitrogen and oxygen atoms in total.